The number of benzene rings is 1. The lowest BCUT2D eigenvalue weighted by Crippen LogP contribution is -2.07. The molecule has 2 aromatic heterocycles. The lowest BCUT2D eigenvalue weighted by atomic mass is 10.1. The van der Waals surface area contributed by atoms with Crippen LogP contribution in [0, 0.1) is 5.92 Å². The molecule has 1 aliphatic heterocycles. The number of para-hydroxylation sites is 1. The van der Waals surface area contributed by atoms with Gasteiger partial charge in [0.2, 0.25) is 5.89 Å². The van der Waals surface area contributed by atoms with E-state index in [0.29, 0.717) is 29.5 Å². The van der Waals surface area contributed by atoms with Crippen LogP contribution in [0.15, 0.2) is 40.1 Å². The topological polar surface area (TPSA) is 106 Å². The molecule has 1 atom stereocenters. The predicted molar refractivity (Wildman–Crippen MR) is 98.1 cm³/mol. The number of nitrogens with zero attached hydrogens (tertiary/aromatic N) is 2. The van der Waals surface area contributed by atoms with Crippen molar-refractivity contribution in [3.05, 3.63) is 41.9 Å². The first-order chi connectivity index (χ1) is 12.5. The molecule has 1 aliphatic rings. The van der Waals surface area contributed by atoms with E-state index >= 15 is 0 Å². The van der Waals surface area contributed by atoms with Gasteiger partial charge < -0.3 is 9.40 Å². The van der Waals surface area contributed by atoms with E-state index in [1.165, 1.54) is 11.8 Å². The third-order valence-electron chi connectivity index (χ3n) is 4.45. The van der Waals surface area contributed by atoms with Crippen LogP contribution in [0.4, 0.5) is 0 Å². The fourth-order valence-electron chi connectivity index (χ4n) is 3.17. The third kappa shape index (κ3) is 3.68. The zero-order chi connectivity index (χ0) is 18.1. The van der Waals surface area contributed by atoms with Crippen molar-refractivity contribution in [2.75, 3.05) is 17.3 Å². The van der Waals surface area contributed by atoms with Gasteiger partial charge in [-0.2, -0.15) is 0 Å². The first-order valence-electron chi connectivity index (χ1n) is 8.25. The molecule has 0 spiro atoms. The molecule has 7 nitrogen and oxygen atoms in total. The number of Topliss-reactive ketones (excluding diaryl/α,β-unsaturated/α-hetero) is 1. The molecular formula is C17H17N3O4S2. The van der Waals surface area contributed by atoms with Crippen molar-refractivity contribution in [2.45, 2.75) is 18.1 Å². The average molecular weight is 391 g/mol. The Kier molecular flexibility index (Phi) is 4.58. The summed E-state index contributed by atoms with van der Waals surface area (Å²) in [7, 11) is -2.92. The van der Waals surface area contributed by atoms with Crippen LogP contribution in [0.25, 0.3) is 10.9 Å². The molecule has 136 valence electrons. The van der Waals surface area contributed by atoms with Crippen molar-refractivity contribution in [1.82, 2.24) is 15.2 Å². The van der Waals surface area contributed by atoms with Gasteiger partial charge in [-0.25, -0.2) is 8.42 Å². The molecule has 0 bridgehead atoms. The van der Waals surface area contributed by atoms with Gasteiger partial charge in [0, 0.05) is 29.1 Å². The van der Waals surface area contributed by atoms with Crippen LogP contribution in [0.3, 0.4) is 0 Å². The monoisotopic (exact) mass is 391 g/mol. The summed E-state index contributed by atoms with van der Waals surface area (Å²) in [6, 6.07) is 7.64. The highest BCUT2D eigenvalue weighted by molar-refractivity contribution is 7.99. The highest BCUT2D eigenvalue weighted by Crippen LogP contribution is 2.25. The normalized spacial score (nSPS) is 19.2. The van der Waals surface area contributed by atoms with Crippen LogP contribution >= 0.6 is 11.8 Å². The number of hydrogen-bond donors (Lipinski definition) is 1. The van der Waals surface area contributed by atoms with E-state index in [-0.39, 0.29) is 29.0 Å². The minimum atomic E-state index is -2.92. The van der Waals surface area contributed by atoms with Gasteiger partial charge in [-0.15, -0.1) is 10.2 Å². The molecule has 1 aromatic carbocycles. The van der Waals surface area contributed by atoms with Gasteiger partial charge >= 0.3 is 0 Å². The molecular weight excluding hydrogens is 374 g/mol. The van der Waals surface area contributed by atoms with Gasteiger partial charge in [-0.05, 0) is 18.4 Å². The summed E-state index contributed by atoms with van der Waals surface area (Å²) in [5.41, 5.74) is 1.57. The first-order valence-corrected chi connectivity index (χ1v) is 11.1. The van der Waals surface area contributed by atoms with Crippen LogP contribution in [-0.2, 0) is 16.3 Å². The second kappa shape index (κ2) is 6.88. The lowest BCUT2D eigenvalue weighted by Gasteiger charge is -2.01. The van der Waals surface area contributed by atoms with Crippen molar-refractivity contribution in [3.63, 3.8) is 0 Å². The minimum absolute atomic E-state index is 0.0194. The van der Waals surface area contributed by atoms with Gasteiger partial charge in [0.05, 0.1) is 17.3 Å². The number of aromatic amines is 1. The van der Waals surface area contributed by atoms with E-state index in [1.54, 1.807) is 6.20 Å². The smallest absolute Gasteiger partial charge is 0.277 e. The number of nitrogens with one attached hydrogen (secondary N) is 1. The molecule has 0 amide bonds. The number of fused-ring (bicyclic) bond motifs is 1. The summed E-state index contributed by atoms with van der Waals surface area (Å²) < 4.78 is 28.6. The standard InChI is InChI=1S/C17H17N3O4S2/c21-15(13-8-18-14-4-2-1-3-12(13)14)9-25-17-20-19-16(24-17)7-11-5-6-26(22,23)10-11/h1-4,8,11,18H,5-7,9-10H2/t11-/m0/s1. The molecule has 3 heterocycles. The molecule has 0 saturated carbocycles. The Balaban J connectivity index is 1.36. The number of hydrogen-bond acceptors (Lipinski definition) is 7. The molecule has 26 heavy (non-hydrogen) atoms. The summed E-state index contributed by atoms with van der Waals surface area (Å²) in [4.78, 5) is 15.5. The number of H-pyrrole nitrogens is 1. The summed E-state index contributed by atoms with van der Waals surface area (Å²) in [6.07, 6.45) is 2.81. The van der Waals surface area contributed by atoms with E-state index in [0.717, 1.165) is 10.9 Å². The molecule has 0 aliphatic carbocycles. The molecule has 1 fully saturated rings. The van der Waals surface area contributed by atoms with Crippen LogP contribution in [0.2, 0.25) is 0 Å². The van der Waals surface area contributed by atoms with Gasteiger partial charge in [0.15, 0.2) is 15.6 Å². The van der Waals surface area contributed by atoms with Crippen LogP contribution in [-0.4, -0.2) is 46.6 Å². The van der Waals surface area contributed by atoms with E-state index in [9.17, 15) is 13.2 Å². The predicted octanol–water partition coefficient (Wildman–Crippen LogP) is 2.50. The van der Waals surface area contributed by atoms with Crippen molar-refractivity contribution < 1.29 is 17.6 Å². The van der Waals surface area contributed by atoms with Gasteiger partial charge in [0.25, 0.3) is 5.22 Å². The number of sulfone groups is 1. The number of carbonyl (C=O) groups excluding carboxylic acids is 1. The van der Waals surface area contributed by atoms with Crippen LogP contribution < -0.4 is 0 Å². The highest BCUT2D eigenvalue weighted by atomic mass is 32.2. The summed E-state index contributed by atoms with van der Waals surface area (Å²) in [6.45, 7) is 0. The summed E-state index contributed by atoms with van der Waals surface area (Å²) in [5.74, 6) is 1.04. The summed E-state index contributed by atoms with van der Waals surface area (Å²) >= 11 is 1.19. The third-order valence-corrected chi connectivity index (χ3v) is 7.11. The maximum Gasteiger partial charge on any atom is 0.277 e. The molecule has 1 saturated heterocycles. The fourth-order valence-corrected chi connectivity index (χ4v) is 5.69. The average Bonchev–Trinajstić information content (AvgIpc) is 3.31. The maximum absolute atomic E-state index is 12.5. The number of carbonyl (C=O) groups is 1. The summed E-state index contributed by atoms with van der Waals surface area (Å²) in [5, 5.41) is 9.14. The quantitative estimate of drug-likeness (QED) is 0.508. The molecule has 0 radical (unpaired) electrons. The Morgan fingerprint density at radius 2 is 2.15 bits per heavy atom. The Morgan fingerprint density at radius 3 is 2.96 bits per heavy atom. The van der Waals surface area contributed by atoms with Crippen molar-refractivity contribution in [2.24, 2.45) is 5.92 Å². The minimum Gasteiger partial charge on any atom is -0.416 e. The molecule has 0 unspecified atom stereocenters. The van der Waals surface area contributed by atoms with E-state index in [4.69, 9.17) is 4.42 Å². The van der Waals surface area contributed by atoms with Gasteiger partial charge in [-0.1, -0.05) is 30.0 Å². The molecule has 9 heteroatoms. The lowest BCUT2D eigenvalue weighted by molar-refractivity contribution is 0.102. The molecule has 3 aromatic rings. The second-order valence-corrected chi connectivity index (χ2v) is 9.55. The Morgan fingerprint density at radius 1 is 1.31 bits per heavy atom. The highest BCUT2D eigenvalue weighted by Gasteiger charge is 2.29. The second-order valence-electron chi connectivity index (χ2n) is 6.39. The SMILES string of the molecule is O=C(CSc1nnc(C[C@@H]2CCS(=O)(=O)C2)o1)c1c[nH]c2ccccc12. The number of ketones is 1. The van der Waals surface area contributed by atoms with Crippen molar-refractivity contribution >= 4 is 38.3 Å². The number of rotatable bonds is 6. The zero-order valence-electron chi connectivity index (χ0n) is 13.8. The van der Waals surface area contributed by atoms with E-state index < -0.39 is 9.84 Å². The number of aromatic nitrogens is 3. The van der Waals surface area contributed by atoms with Crippen molar-refractivity contribution in [3.8, 4) is 0 Å². The van der Waals surface area contributed by atoms with Gasteiger partial charge in [0.1, 0.15) is 0 Å². The van der Waals surface area contributed by atoms with E-state index in [2.05, 4.69) is 15.2 Å². The molecule has 4 rings (SSSR count). The van der Waals surface area contributed by atoms with Crippen LogP contribution in [0.5, 0.6) is 0 Å². The Labute approximate surface area is 154 Å². The van der Waals surface area contributed by atoms with Gasteiger partial charge in [-0.3, -0.25) is 4.79 Å². The first kappa shape index (κ1) is 17.3. The fraction of sp³-hybridized carbons (Fsp3) is 0.353. The Hall–Kier alpha value is -2.13. The Bertz CT molecular complexity index is 1050. The van der Waals surface area contributed by atoms with E-state index in [1.807, 2.05) is 24.3 Å². The number of thioether (sulfide) groups is 1. The van der Waals surface area contributed by atoms with Crippen molar-refractivity contribution in [1.29, 1.82) is 0 Å². The molecule has 1 N–H and O–H groups in total. The zero-order valence-corrected chi connectivity index (χ0v) is 15.5. The maximum atomic E-state index is 12.5. The van der Waals surface area contributed by atoms with Crippen LogP contribution in [0.1, 0.15) is 22.7 Å². The largest absolute Gasteiger partial charge is 0.416 e.